The largest absolute Gasteiger partial charge is 0.508 e. The fourth-order valence-electron chi connectivity index (χ4n) is 4.29. The van der Waals surface area contributed by atoms with Crippen molar-refractivity contribution in [1.82, 2.24) is 15.5 Å². The van der Waals surface area contributed by atoms with Crippen molar-refractivity contribution in [2.24, 2.45) is 0 Å². The van der Waals surface area contributed by atoms with Crippen LogP contribution in [-0.4, -0.2) is 53.5 Å². The number of ether oxygens (including phenoxy) is 1. The molecule has 0 bridgehead atoms. The number of nitrogens with one attached hydrogen (secondary N) is 3. The van der Waals surface area contributed by atoms with Crippen LogP contribution < -0.4 is 20.3 Å². The number of rotatable bonds is 7. The number of phenolic OH excluding ortho intramolecular Hbond substituents is 1. The second-order valence-electron chi connectivity index (χ2n) is 8.69. The monoisotopic (exact) mass is 449 g/mol. The lowest BCUT2D eigenvalue weighted by atomic mass is 10.1. The zero-order chi connectivity index (χ0) is 23.4. The Bertz CT molecular complexity index is 1090. The van der Waals surface area contributed by atoms with Crippen LogP contribution in [0.2, 0.25) is 0 Å². The Morgan fingerprint density at radius 1 is 1.12 bits per heavy atom. The summed E-state index contributed by atoms with van der Waals surface area (Å²) in [4.78, 5) is 15.0. The molecule has 1 saturated heterocycles. The standard InChI is InChI=1S/C25H31N5O3/c1-16-14-30(15-17(2)26-16)21-8-5-19(6-9-21)25(32)27-24-12-20(28-29-24)7-4-18-10-22(31)13-23(11-18)33-3/h5-6,8-13,16-17,26,31H,4,7,14-15H2,1-3H3,(H2,27,28,29,32). The molecule has 174 valence electrons. The van der Waals surface area contributed by atoms with Crippen LogP contribution >= 0.6 is 0 Å². The Kier molecular flexibility index (Phi) is 6.84. The minimum absolute atomic E-state index is 0.175. The van der Waals surface area contributed by atoms with E-state index in [1.165, 1.54) is 0 Å². The number of amides is 1. The number of carbonyl (C=O) groups excluding carboxylic acids is 1. The first kappa shape index (κ1) is 22.7. The Morgan fingerprint density at radius 3 is 2.55 bits per heavy atom. The quantitative estimate of drug-likeness (QED) is 0.441. The van der Waals surface area contributed by atoms with E-state index in [2.05, 4.69) is 39.6 Å². The summed E-state index contributed by atoms with van der Waals surface area (Å²) < 4.78 is 5.20. The molecule has 1 aliphatic heterocycles. The Morgan fingerprint density at radius 2 is 1.85 bits per heavy atom. The van der Waals surface area contributed by atoms with Gasteiger partial charge in [-0.25, -0.2) is 0 Å². The van der Waals surface area contributed by atoms with Gasteiger partial charge in [0.2, 0.25) is 0 Å². The lowest BCUT2D eigenvalue weighted by Gasteiger charge is -2.37. The second-order valence-corrected chi connectivity index (χ2v) is 8.69. The average molecular weight is 450 g/mol. The number of aryl methyl sites for hydroxylation is 2. The lowest BCUT2D eigenvalue weighted by molar-refractivity contribution is 0.102. The maximum atomic E-state index is 12.7. The minimum atomic E-state index is -0.195. The number of nitrogens with zero attached hydrogens (tertiary/aromatic N) is 2. The third kappa shape index (κ3) is 5.84. The van der Waals surface area contributed by atoms with Gasteiger partial charge in [0.1, 0.15) is 11.5 Å². The van der Waals surface area contributed by atoms with Gasteiger partial charge in [0.25, 0.3) is 5.91 Å². The van der Waals surface area contributed by atoms with E-state index >= 15 is 0 Å². The number of carbonyl (C=O) groups is 1. The number of hydrogen-bond donors (Lipinski definition) is 4. The highest BCUT2D eigenvalue weighted by Gasteiger charge is 2.21. The predicted octanol–water partition coefficient (Wildman–Crippen LogP) is 3.35. The molecule has 2 unspecified atom stereocenters. The summed E-state index contributed by atoms with van der Waals surface area (Å²) in [7, 11) is 1.57. The number of aromatic nitrogens is 2. The molecule has 2 aromatic carbocycles. The van der Waals surface area contributed by atoms with Crippen molar-refractivity contribution >= 4 is 17.4 Å². The molecule has 3 aromatic rings. The first-order chi connectivity index (χ1) is 15.9. The Balaban J connectivity index is 1.33. The van der Waals surface area contributed by atoms with Crippen LogP contribution in [0.4, 0.5) is 11.5 Å². The summed E-state index contributed by atoms with van der Waals surface area (Å²) in [6, 6.07) is 15.6. The number of anilines is 2. The first-order valence-corrected chi connectivity index (χ1v) is 11.2. The maximum absolute atomic E-state index is 12.7. The van der Waals surface area contributed by atoms with Crippen LogP contribution in [0.5, 0.6) is 11.5 Å². The molecule has 0 saturated carbocycles. The first-order valence-electron chi connectivity index (χ1n) is 11.2. The average Bonchev–Trinajstić information content (AvgIpc) is 3.24. The van der Waals surface area contributed by atoms with E-state index in [0.29, 0.717) is 42.1 Å². The van der Waals surface area contributed by atoms with Gasteiger partial charge in [-0.15, -0.1) is 0 Å². The number of hydrogen-bond acceptors (Lipinski definition) is 6. The topological polar surface area (TPSA) is 103 Å². The zero-order valence-corrected chi connectivity index (χ0v) is 19.3. The molecule has 1 amide bonds. The van der Waals surface area contributed by atoms with Crippen LogP contribution in [0.15, 0.2) is 48.5 Å². The third-order valence-corrected chi connectivity index (χ3v) is 5.79. The van der Waals surface area contributed by atoms with Gasteiger partial charge in [0.15, 0.2) is 5.82 Å². The van der Waals surface area contributed by atoms with Gasteiger partial charge in [0, 0.05) is 54.3 Å². The fraction of sp³-hybridized carbons (Fsp3) is 0.360. The van der Waals surface area contributed by atoms with Gasteiger partial charge in [-0.1, -0.05) is 0 Å². The van der Waals surface area contributed by atoms with Crippen molar-refractivity contribution in [1.29, 1.82) is 0 Å². The van der Waals surface area contributed by atoms with Crippen LogP contribution in [0.25, 0.3) is 0 Å². The van der Waals surface area contributed by atoms with E-state index in [4.69, 9.17) is 4.74 Å². The number of phenols is 1. The smallest absolute Gasteiger partial charge is 0.256 e. The molecule has 8 nitrogen and oxygen atoms in total. The van der Waals surface area contributed by atoms with Crippen LogP contribution in [-0.2, 0) is 12.8 Å². The summed E-state index contributed by atoms with van der Waals surface area (Å²) in [5, 5.41) is 23.4. The fourth-order valence-corrected chi connectivity index (χ4v) is 4.29. The maximum Gasteiger partial charge on any atom is 0.256 e. The van der Waals surface area contributed by atoms with Gasteiger partial charge in [0.05, 0.1) is 7.11 Å². The van der Waals surface area contributed by atoms with Crippen LogP contribution in [0, 0.1) is 0 Å². The highest BCUT2D eigenvalue weighted by Crippen LogP contribution is 2.23. The molecule has 1 aliphatic rings. The number of piperazine rings is 1. The number of benzene rings is 2. The van der Waals surface area contributed by atoms with Gasteiger partial charge in [-0.05, 0) is 68.7 Å². The lowest BCUT2D eigenvalue weighted by Crippen LogP contribution is -2.54. The molecule has 33 heavy (non-hydrogen) atoms. The summed E-state index contributed by atoms with van der Waals surface area (Å²) in [6.45, 7) is 6.26. The summed E-state index contributed by atoms with van der Waals surface area (Å²) in [5.74, 6) is 1.08. The SMILES string of the molecule is COc1cc(O)cc(CCc2cc(NC(=O)c3ccc(N4CC(C)NC(C)C4)cc3)n[nH]2)c1. The van der Waals surface area contributed by atoms with Crippen molar-refractivity contribution in [2.75, 3.05) is 30.4 Å². The van der Waals surface area contributed by atoms with Crippen LogP contribution in [0.3, 0.4) is 0 Å². The molecule has 4 rings (SSSR count). The molecule has 0 aliphatic carbocycles. The number of aromatic hydroxyl groups is 1. The number of aromatic amines is 1. The third-order valence-electron chi connectivity index (χ3n) is 5.79. The van der Waals surface area contributed by atoms with Gasteiger partial charge < -0.3 is 25.4 Å². The van der Waals surface area contributed by atoms with E-state index in [1.54, 1.807) is 19.2 Å². The Hall–Kier alpha value is -3.52. The molecule has 1 fully saturated rings. The van der Waals surface area contributed by atoms with Crippen molar-refractivity contribution in [3.63, 3.8) is 0 Å². The molecule has 2 atom stereocenters. The molecule has 4 N–H and O–H groups in total. The van der Waals surface area contributed by atoms with E-state index in [0.717, 1.165) is 30.0 Å². The van der Waals surface area contributed by atoms with E-state index in [9.17, 15) is 9.90 Å². The van der Waals surface area contributed by atoms with Gasteiger partial charge in [-0.2, -0.15) is 5.10 Å². The van der Waals surface area contributed by atoms with Crippen molar-refractivity contribution in [3.05, 3.63) is 65.4 Å². The molecular weight excluding hydrogens is 418 g/mol. The summed E-state index contributed by atoms with van der Waals surface area (Å²) >= 11 is 0. The molecule has 0 spiro atoms. The zero-order valence-electron chi connectivity index (χ0n) is 19.3. The van der Waals surface area contributed by atoms with Gasteiger partial charge >= 0.3 is 0 Å². The predicted molar refractivity (Wildman–Crippen MR) is 129 cm³/mol. The Labute approximate surface area is 194 Å². The molecular formula is C25H31N5O3. The minimum Gasteiger partial charge on any atom is -0.508 e. The van der Waals surface area contributed by atoms with E-state index in [-0.39, 0.29) is 11.7 Å². The second kappa shape index (κ2) is 9.95. The number of H-pyrrole nitrogens is 1. The van der Waals surface area contributed by atoms with E-state index < -0.39 is 0 Å². The highest BCUT2D eigenvalue weighted by atomic mass is 16.5. The highest BCUT2D eigenvalue weighted by molar-refractivity contribution is 6.03. The molecule has 0 radical (unpaired) electrons. The van der Waals surface area contributed by atoms with Crippen molar-refractivity contribution < 1.29 is 14.6 Å². The molecule has 1 aromatic heterocycles. The molecule has 8 heteroatoms. The normalized spacial score (nSPS) is 18.2. The van der Waals surface area contributed by atoms with Gasteiger partial charge in [-0.3, -0.25) is 9.89 Å². The van der Waals surface area contributed by atoms with Crippen molar-refractivity contribution in [3.8, 4) is 11.5 Å². The summed E-state index contributed by atoms with van der Waals surface area (Å²) in [6.07, 6.45) is 1.39. The molecule has 2 heterocycles. The van der Waals surface area contributed by atoms with Crippen LogP contribution in [0.1, 0.15) is 35.5 Å². The van der Waals surface area contributed by atoms with E-state index in [1.807, 2.05) is 36.4 Å². The summed E-state index contributed by atoms with van der Waals surface area (Å²) in [5.41, 5.74) is 3.56. The number of methoxy groups -OCH3 is 1. The van der Waals surface area contributed by atoms with Crippen molar-refractivity contribution in [2.45, 2.75) is 38.8 Å².